The van der Waals surface area contributed by atoms with Crippen LogP contribution >= 0.6 is 15.9 Å². The van der Waals surface area contributed by atoms with Gasteiger partial charge in [-0.05, 0) is 18.6 Å². The highest BCUT2D eigenvalue weighted by atomic mass is 79.9. The smallest absolute Gasteiger partial charge is 0.123 e. The normalized spacial score (nSPS) is 21.3. The van der Waals surface area contributed by atoms with Gasteiger partial charge in [0.15, 0.2) is 0 Å². The van der Waals surface area contributed by atoms with Crippen LogP contribution in [-0.4, -0.2) is 12.6 Å². The Balaban J connectivity index is 2.43. The Labute approximate surface area is 79.8 Å². The molecule has 1 aromatic carbocycles. The molecule has 0 spiro atoms. The summed E-state index contributed by atoms with van der Waals surface area (Å²) in [5.74, 6) is 0.964. The molecule has 1 aliphatic rings. The number of fused-ring (bicyclic) bond motifs is 1. The van der Waals surface area contributed by atoms with E-state index >= 15 is 0 Å². The van der Waals surface area contributed by atoms with Gasteiger partial charge in [0.05, 0.1) is 0 Å². The summed E-state index contributed by atoms with van der Waals surface area (Å²) in [7, 11) is 0. The summed E-state index contributed by atoms with van der Waals surface area (Å²) in [6.07, 6.45) is 0.900. The SMILES string of the molecule is N[C@@H]1COc2cccc(Br)c2C1. The molecule has 0 bridgehead atoms. The number of halogens is 1. The molecule has 2 nitrogen and oxygen atoms in total. The van der Waals surface area contributed by atoms with E-state index in [9.17, 15) is 0 Å². The lowest BCUT2D eigenvalue weighted by molar-refractivity contribution is 0.263. The van der Waals surface area contributed by atoms with Crippen LogP contribution in [0.15, 0.2) is 22.7 Å². The second-order valence-corrected chi connectivity index (χ2v) is 3.85. The number of rotatable bonds is 0. The Bertz CT molecular complexity index is 301. The average Bonchev–Trinajstić information content (AvgIpc) is 2.07. The van der Waals surface area contributed by atoms with Gasteiger partial charge in [-0.25, -0.2) is 0 Å². The fraction of sp³-hybridized carbons (Fsp3) is 0.333. The number of hydrogen-bond acceptors (Lipinski definition) is 2. The summed E-state index contributed by atoms with van der Waals surface area (Å²) in [5, 5.41) is 0. The second kappa shape index (κ2) is 3.07. The van der Waals surface area contributed by atoms with Crippen molar-refractivity contribution in [2.24, 2.45) is 5.73 Å². The number of hydrogen-bond donors (Lipinski definition) is 1. The van der Waals surface area contributed by atoms with Gasteiger partial charge in [0.25, 0.3) is 0 Å². The van der Waals surface area contributed by atoms with E-state index in [0.29, 0.717) is 6.61 Å². The lowest BCUT2D eigenvalue weighted by Gasteiger charge is -2.23. The van der Waals surface area contributed by atoms with Gasteiger partial charge < -0.3 is 10.5 Å². The highest BCUT2D eigenvalue weighted by Crippen LogP contribution is 2.30. The third-order valence-electron chi connectivity index (χ3n) is 2.00. The van der Waals surface area contributed by atoms with E-state index in [2.05, 4.69) is 15.9 Å². The molecule has 0 amide bonds. The minimum atomic E-state index is 0.135. The highest BCUT2D eigenvalue weighted by Gasteiger charge is 2.17. The lowest BCUT2D eigenvalue weighted by Crippen LogP contribution is -2.33. The molecule has 1 aliphatic heterocycles. The first-order chi connectivity index (χ1) is 5.77. The molecule has 12 heavy (non-hydrogen) atoms. The van der Waals surface area contributed by atoms with Crippen molar-refractivity contribution in [3.63, 3.8) is 0 Å². The van der Waals surface area contributed by atoms with Crippen molar-refractivity contribution in [3.8, 4) is 5.75 Å². The molecule has 0 saturated carbocycles. The van der Waals surface area contributed by atoms with Gasteiger partial charge in [-0.2, -0.15) is 0 Å². The second-order valence-electron chi connectivity index (χ2n) is 2.99. The molecule has 1 aromatic rings. The molecule has 64 valence electrons. The van der Waals surface area contributed by atoms with E-state index < -0.39 is 0 Å². The minimum Gasteiger partial charge on any atom is -0.492 e. The van der Waals surface area contributed by atoms with E-state index in [1.807, 2.05) is 18.2 Å². The van der Waals surface area contributed by atoms with Crippen LogP contribution in [0, 0.1) is 0 Å². The summed E-state index contributed by atoms with van der Waals surface area (Å²) in [6.45, 7) is 0.628. The Morgan fingerprint density at radius 2 is 2.33 bits per heavy atom. The van der Waals surface area contributed by atoms with Gasteiger partial charge in [0, 0.05) is 16.1 Å². The fourth-order valence-electron chi connectivity index (χ4n) is 1.39. The van der Waals surface area contributed by atoms with E-state index in [-0.39, 0.29) is 6.04 Å². The number of ether oxygens (including phenoxy) is 1. The van der Waals surface area contributed by atoms with Gasteiger partial charge in [-0.15, -0.1) is 0 Å². The summed E-state index contributed by atoms with van der Waals surface area (Å²) >= 11 is 3.47. The van der Waals surface area contributed by atoms with E-state index in [4.69, 9.17) is 10.5 Å². The quantitative estimate of drug-likeness (QED) is 0.733. The van der Waals surface area contributed by atoms with Crippen LogP contribution in [0.25, 0.3) is 0 Å². The van der Waals surface area contributed by atoms with Gasteiger partial charge in [-0.3, -0.25) is 0 Å². The van der Waals surface area contributed by atoms with Crippen molar-refractivity contribution >= 4 is 15.9 Å². The molecule has 0 fully saturated rings. The summed E-state index contributed by atoms with van der Waals surface area (Å²) in [4.78, 5) is 0. The molecule has 1 heterocycles. The maximum absolute atomic E-state index is 5.77. The molecule has 0 saturated heterocycles. The van der Waals surface area contributed by atoms with Gasteiger partial charge in [0.1, 0.15) is 12.4 Å². The highest BCUT2D eigenvalue weighted by molar-refractivity contribution is 9.10. The van der Waals surface area contributed by atoms with Crippen molar-refractivity contribution in [2.45, 2.75) is 12.5 Å². The number of nitrogens with two attached hydrogens (primary N) is 1. The first-order valence-electron chi connectivity index (χ1n) is 3.93. The number of benzene rings is 1. The van der Waals surface area contributed by atoms with Crippen LogP contribution in [0.1, 0.15) is 5.56 Å². The monoisotopic (exact) mass is 227 g/mol. The van der Waals surface area contributed by atoms with Crippen molar-refractivity contribution in [3.05, 3.63) is 28.2 Å². The molecule has 1 atom stereocenters. The largest absolute Gasteiger partial charge is 0.492 e. The summed E-state index contributed by atoms with van der Waals surface area (Å²) in [6, 6.07) is 6.10. The topological polar surface area (TPSA) is 35.2 Å². The third kappa shape index (κ3) is 1.34. The van der Waals surface area contributed by atoms with Crippen LogP contribution in [0.5, 0.6) is 5.75 Å². The maximum Gasteiger partial charge on any atom is 0.123 e. The Kier molecular flexibility index (Phi) is 2.07. The molecule has 0 aromatic heterocycles. The molecule has 2 rings (SSSR count). The van der Waals surface area contributed by atoms with Gasteiger partial charge >= 0.3 is 0 Å². The zero-order valence-corrected chi connectivity index (χ0v) is 8.17. The summed E-state index contributed by atoms with van der Waals surface area (Å²) < 4.78 is 6.55. The molecule has 3 heteroatoms. The van der Waals surface area contributed by atoms with Crippen molar-refractivity contribution in [1.82, 2.24) is 0 Å². The lowest BCUT2D eigenvalue weighted by atomic mass is 10.0. The van der Waals surface area contributed by atoms with Gasteiger partial charge in [-0.1, -0.05) is 22.0 Å². The van der Waals surface area contributed by atoms with Crippen molar-refractivity contribution < 1.29 is 4.74 Å². The molecule has 0 unspecified atom stereocenters. The third-order valence-corrected chi connectivity index (χ3v) is 2.74. The molecular weight excluding hydrogens is 218 g/mol. The van der Waals surface area contributed by atoms with E-state index in [1.54, 1.807) is 0 Å². The Hall–Kier alpha value is -0.540. The molecule has 0 aliphatic carbocycles. The maximum atomic E-state index is 5.77. The fourth-order valence-corrected chi connectivity index (χ4v) is 1.90. The minimum absolute atomic E-state index is 0.135. The van der Waals surface area contributed by atoms with Crippen LogP contribution in [0.3, 0.4) is 0 Å². The Morgan fingerprint density at radius 3 is 3.17 bits per heavy atom. The first-order valence-corrected chi connectivity index (χ1v) is 4.72. The van der Waals surface area contributed by atoms with E-state index in [1.165, 1.54) is 5.56 Å². The van der Waals surface area contributed by atoms with Crippen LogP contribution in [0.4, 0.5) is 0 Å². The van der Waals surface area contributed by atoms with E-state index in [0.717, 1.165) is 16.6 Å². The van der Waals surface area contributed by atoms with Gasteiger partial charge in [0.2, 0.25) is 0 Å². The predicted octanol–water partition coefficient (Wildman–Crippen LogP) is 1.71. The van der Waals surface area contributed by atoms with Crippen molar-refractivity contribution in [2.75, 3.05) is 6.61 Å². The van der Waals surface area contributed by atoms with Crippen LogP contribution in [-0.2, 0) is 6.42 Å². The zero-order chi connectivity index (χ0) is 8.55. The standard InChI is InChI=1S/C9H10BrNO/c10-8-2-1-3-9-7(8)4-6(11)5-12-9/h1-3,6H,4-5,11H2/t6-/m0/s1. The van der Waals surface area contributed by atoms with Crippen molar-refractivity contribution in [1.29, 1.82) is 0 Å². The van der Waals surface area contributed by atoms with Crippen LogP contribution in [0.2, 0.25) is 0 Å². The molecule has 0 radical (unpaired) electrons. The molecular formula is C9H10BrNO. The molecule has 2 N–H and O–H groups in total. The summed E-state index contributed by atoms with van der Waals surface area (Å²) in [5.41, 5.74) is 6.96. The predicted molar refractivity (Wildman–Crippen MR) is 51.3 cm³/mol. The average molecular weight is 228 g/mol. The first kappa shape index (κ1) is 8.08. The zero-order valence-electron chi connectivity index (χ0n) is 6.59. The Morgan fingerprint density at radius 1 is 1.50 bits per heavy atom. The van der Waals surface area contributed by atoms with Crippen LogP contribution < -0.4 is 10.5 Å².